The van der Waals surface area contributed by atoms with Crippen LogP contribution in [0.25, 0.3) is 0 Å². The molecule has 3 rings (SSSR count). The molecule has 36 heavy (non-hydrogen) atoms. The maximum atomic E-state index is 12.8. The van der Waals surface area contributed by atoms with Crippen molar-refractivity contribution in [1.29, 1.82) is 0 Å². The van der Waals surface area contributed by atoms with Gasteiger partial charge in [-0.15, -0.1) is 0 Å². The van der Waals surface area contributed by atoms with Gasteiger partial charge in [-0.25, -0.2) is 10.2 Å². The zero-order valence-corrected chi connectivity index (χ0v) is 20.6. The minimum atomic E-state index is -0.639. The zero-order valence-electron chi connectivity index (χ0n) is 20.6. The first-order chi connectivity index (χ1) is 17.5. The van der Waals surface area contributed by atoms with Gasteiger partial charge in [-0.3, -0.25) is 4.79 Å². The third kappa shape index (κ3) is 6.75. The van der Waals surface area contributed by atoms with Crippen LogP contribution in [0.2, 0.25) is 0 Å². The Hall–Kier alpha value is -4.53. The van der Waals surface area contributed by atoms with Crippen LogP contribution in [0.5, 0.6) is 28.7 Å². The van der Waals surface area contributed by atoms with Crippen molar-refractivity contribution in [3.8, 4) is 28.7 Å². The summed E-state index contributed by atoms with van der Waals surface area (Å²) in [5.41, 5.74) is 4.44. The Kier molecular flexibility index (Phi) is 9.27. The van der Waals surface area contributed by atoms with Crippen LogP contribution in [0.4, 0.5) is 0 Å². The van der Waals surface area contributed by atoms with Crippen molar-refractivity contribution in [2.45, 2.75) is 12.8 Å². The van der Waals surface area contributed by atoms with Gasteiger partial charge in [0.1, 0.15) is 0 Å². The summed E-state index contributed by atoms with van der Waals surface area (Å²) in [5, 5.41) is 3.99. The number of methoxy groups -OCH3 is 4. The molecule has 3 aromatic rings. The number of carbonyl (C=O) groups excluding carboxylic acids is 2. The van der Waals surface area contributed by atoms with Crippen molar-refractivity contribution < 1.29 is 33.3 Å². The van der Waals surface area contributed by atoms with E-state index >= 15 is 0 Å². The Morgan fingerprint density at radius 3 is 2.08 bits per heavy atom. The van der Waals surface area contributed by atoms with Gasteiger partial charge in [0.05, 0.1) is 40.2 Å². The first-order valence-electron chi connectivity index (χ1n) is 11.0. The van der Waals surface area contributed by atoms with E-state index in [9.17, 15) is 9.59 Å². The Morgan fingerprint density at radius 1 is 0.806 bits per heavy atom. The summed E-state index contributed by atoms with van der Waals surface area (Å²) in [5.74, 6) is 0.708. The maximum absolute atomic E-state index is 12.8. The highest BCUT2D eigenvalue weighted by Crippen LogP contribution is 2.38. The number of carbonyl (C=O) groups is 2. The Bertz CT molecular complexity index is 1200. The Balaban J connectivity index is 1.65. The van der Waals surface area contributed by atoms with Crippen LogP contribution in [0, 0.1) is 0 Å². The molecule has 0 heterocycles. The van der Waals surface area contributed by atoms with Crippen molar-refractivity contribution >= 4 is 18.1 Å². The molecule has 0 spiro atoms. The fourth-order valence-electron chi connectivity index (χ4n) is 3.34. The summed E-state index contributed by atoms with van der Waals surface area (Å²) >= 11 is 0. The summed E-state index contributed by atoms with van der Waals surface area (Å²) in [6, 6.07) is 17.6. The van der Waals surface area contributed by atoms with E-state index in [2.05, 4.69) is 10.5 Å². The molecule has 0 aliphatic heterocycles. The van der Waals surface area contributed by atoms with Crippen LogP contribution in [-0.4, -0.2) is 46.5 Å². The molecule has 0 saturated heterocycles. The molecule has 0 aliphatic carbocycles. The van der Waals surface area contributed by atoms with Crippen LogP contribution < -0.4 is 29.1 Å². The van der Waals surface area contributed by atoms with E-state index in [1.54, 1.807) is 18.2 Å². The molecule has 0 atom stereocenters. The SMILES string of the molecule is COc1cc(/C=N/NC(=O)CCc2ccccc2)ccc1OC(=O)c1cc(OC)c(OC)c(OC)c1. The van der Waals surface area contributed by atoms with Gasteiger partial charge in [-0.05, 0) is 47.9 Å². The lowest BCUT2D eigenvalue weighted by molar-refractivity contribution is -0.121. The quantitative estimate of drug-likeness (QED) is 0.187. The van der Waals surface area contributed by atoms with E-state index in [0.717, 1.165) is 5.56 Å². The largest absolute Gasteiger partial charge is 0.493 e. The number of nitrogens with one attached hydrogen (secondary N) is 1. The molecule has 0 aliphatic rings. The summed E-state index contributed by atoms with van der Waals surface area (Å²) in [7, 11) is 5.85. The molecule has 0 radical (unpaired) electrons. The number of hydrogen-bond acceptors (Lipinski definition) is 8. The standard InChI is InChI=1S/C27H28N2O7/c1-32-22-14-19(17-28-29-25(30)13-11-18-8-6-5-7-9-18)10-12-21(22)36-27(31)20-15-23(33-2)26(35-4)24(16-20)34-3/h5-10,12,14-17H,11,13H2,1-4H3,(H,29,30)/b28-17+. The maximum Gasteiger partial charge on any atom is 0.343 e. The highest BCUT2D eigenvalue weighted by molar-refractivity contribution is 5.93. The van der Waals surface area contributed by atoms with E-state index in [1.165, 1.54) is 46.8 Å². The molecule has 0 fully saturated rings. The number of rotatable bonds is 11. The Morgan fingerprint density at radius 2 is 1.47 bits per heavy atom. The highest BCUT2D eigenvalue weighted by Gasteiger charge is 2.19. The van der Waals surface area contributed by atoms with Crippen LogP contribution in [0.1, 0.15) is 27.9 Å². The molecule has 188 valence electrons. The molecule has 0 saturated carbocycles. The van der Waals surface area contributed by atoms with Crippen molar-refractivity contribution in [2.75, 3.05) is 28.4 Å². The first-order valence-corrected chi connectivity index (χ1v) is 11.0. The smallest absolute Gasteiger partial charge is 0.343 e. The number of hydrazone groups is 1. The number of nitrogens with zero attached hydrogens (tertiary/aromatic N) is 1. The highest BCUT2D eigenvalue weighted by atomic mass is 16.6. The van der Waals surface area contributed by atoms with Gasteiger partial charge in [0.15, 0.2) is 23.0 Å². The Labute approximate surface area is 209 Å². The lowest BCUT2D eigenvalue weighted by Crippen LogP contribution is -2.17. The van der Waals surface area contributed by atoms with Crippen molar-refractivity contribution in [3.05, 3.63) is 77.4 Å². The van der Waals surface area contributed by atoms with Gasteiger partial charge in [-0.2, -0.15) is 5.10 Å². The predicted molar refractivity (Wildman–Crippen MR) is 135 cm³/mol. The van der Waals surface area contributed by atoms with E-state index < -0.39 is 5.97 Å². The van der Waals surface area contributed by atoms with Crippen LogP contribution in [-0.2, 0) is 11.2 Å². The molecule has 1 N–H and O–H groups in total. The van der Waals surface area contributed by atoms with Crippen molar-refractivity contribution in [3.63, 3.8) is 0 Å². The molecule has 0 bridgehead atoms. The second kappa shape index (κ2) is 12.8. The topological polar surface area (TPSA) is 105 Å². The molecule has 3 aromatic carbocycles. The van der Waals surface area contributed by atoms with Gasteiger partial charge < -0.3 is 23.7 Å². The van der Waals surface area contributed by atoms with Gasteiger partial charge in [0.2, 0.25) is 11.7 Å². The predicted octanol–water partition coefficient (Wildman–Crippen LogP) is 4.02. The normalized spacial score (nSPS) is 10.6. The van der Waals surface area contributed by atoms with E-state index in [0.29, 0.717) is 41.4 Å². The molecule has 9 heteroatoms. The zero-order chi connectivity index (χ0) is 25.9. The third-order valence-corrected chi connectivity index (χ3v) is 5.18. The second-order valence-electron chi connectivity index (χ2n) is 7.49. The second-order valence-corrected chi connectivity index (χ2v) is 7.49. The molecule has 1 amide bonds. The van der Waals surface area contributed by atoms with Gasteiger partial charge in [-0.1, -0.05) is 30.3 Å². The molecule has 0 aromatic heterocycles. The lowest BCUT2D eigenvalue weighted by Gasteiger charge is -2.14. The van der Waals surface area contributed by atoms with Crippen LogP contribution in [0.15, 0.2) is 65.8 Å². The number of aryl methyl sites for hydroxylation is 1. The summed E-state index contributed by atoms with van der Waals surface area (Å²) < 4.78 is 26.8. The molecular formula is C27H28N2O7. The van der Waals surface area contributed by atoms with E-state index in [-0.39, 0.29) is 17.2 Å². The van der Waals surface area contributed by atoms with Crippen molar-refractivity contribution in [2.24, 2.45) is 5.10 Å². The number of esters is 1. The average Bonchev–Trinajstić information content (AvgIpc) is 2.92. The first kappa shape index (κ1) is 26.1. The third-order valence-electron chi connectivity index (χ3n) is 5.18. The fraction of sp³-hybridized carbons (Fsp3) is 0.222. The minimum absolute atomic E-state index is 0.196. The molecule has 9 nitrogen and oxygen atoms in total. The number of amides is 1. The van der Waals surface area contributed by atoms with E-state index in [4.69, 9.17) is 23.7 Å². The van der Waals surface area contributed by atoms with Crippen LogP contribution in [0.3, 0.4) is 0 Å². The monoisotopic (exact) mass is 492 g/mol. The summed E-state index contributed by atoms with van der Waals surface area (Å²) in [6.07, 6.45) is 2.43. The summed E-state index contributed by atoms with van der Waals surface area (Å²) in [6.45, 7) is 0. The van der Waals surface area contributed by atoms with Gasteiger partial charge >= 0.3 is 5.97 Å². The van der Waals surface area contributed by atoms with E-state index in [1.807, 2.05) is 30.3 Å². The number of ether oxygens (including phenoxy) is 5. The fourth-order valence-corrected chi connectivity index (χ4v) is 3.34. The van der Waals surface area contributed by atoms with Crippen molar-refractivity contribution in [1.82, 2.24) is 5.43 Å². The van der Waals surface area contributed by atoms with Gasteiger partial charge in [0, 0.05) is 6.42 Å². The lowest BCUT2D eigenvalue weighted by atomic mass is 10.1. The molecular weight excluding hydrogens is 464 g/mol. The minimum Gasteiger partial charge on any atom is -0.493 e. The molecule has 0 unspecified atom stereocenters. The number of benzene rings is 3. The van der Waals surface area contributed by atoms with Crippen LogP contribution >= 0.6 is 0 Å². The average molecular weight is 493 g/mol. The van der Waals surface area contributed by atoms with Gasteiger partial charge in [0.25, 0.3) is 0 Å². The summed E-state index contributed by atoms with van der Waals surface area (Å²) in [4.78, 5) is 24.8. The number of hydrogen-bond donors (Lipinski definition) is 1.